The number of hydrogen-bond donors (Lipinski definition) is 1. The number of carbonyl (C=O) groups is 1. The number of ketones is 1. The van der Waals surface area contributed by atoms with Crippen molar-refractivity contribution >= 4 is 27.3 Å². The number of H-pyrrole nitrogens is 1. The van der Waals surface area contributed by atoms with Crippen molar-refractivity contribution in [2.24, 2.45) is 0 Å². The number of nitrogens with zero attached hydrogens (tertiary/aromatic N) is 2. The highest BCUT2D eigenvalue weighted by Crippen LogP contribution is 2.27. The summed E-state index contributed by atoms with van der Waals surface area (Å²) < 4.78 is 0. The Kier molecular flexibility index (Phi) is 4.35. The molecule has 0 saturated heterocycles. The fraction of sp³-hybridized carbons (Fsp3) is 0.500. The molecule has 2 aromatic heterocycles. The van der Waals surface area contributed by atoms with Gasteiger partial charge in [-0.15, -0.1) is 11.3 Å². The molecule has 0 amide bonds. The summed E-state index contributed by atoms with van der Waals surface area (Å²) in [4.78, 5) is 34.5. The van der Waals surface area contributed by atoms with E-state index in [-0.39, 0.29) is 11.3 Å². The molecule has 20 heavy (non-hydrogen) atoms. The lowest BCUT2D eigenvalue weighted by Gasteiger charge is -2.16. The molecule has 0 aliphatic carbocycles. The van der Waals surface area contributed by atoms with Crippen molar-refractivity contribution in [1.29, 1.82) is 0 Å². The SMILES string of the molecule is CCN(CC)Cc1nc2sc(C(C)=O)c(C)c2c(=O)[nH]1. The van der Waals surface area contributed by atoms with Crippen LogP contribution in [0.2, 0.25) is 0 Å². The first-order valence-corrected chi connectivity index (χ1v) is 7.55. The van der Waals surface area contributed by atoms with Crippen LogP contribution >= 0.6 is 11.3 Å². The summed E-state index contributed by atoms with van der Waals surface area (Å²) in [7, 11) is 0. The molecule has 0 fully saturated rings. The number of Topliss-reactive ketones (excluding diaryl/α,β-unsaturated/α-hetero) is 1. The normalized spacial score (nSPS) is 11.4. The number of hydrogen-bond acceptors (Lipinski definition) is 5. The molecule has 0 radical (unpaired) electrons. The molecule has 6 heteroatoms. The Labute approximate surface area is 121 Å². The number of aromatic amines is 1. The minimum atomic E-state index is -0.154. The topological polar surface area (TPSA) is 66.1 Å². The lowest BCUT2D eigenvalue weighted by Crippen LogP contribution is -2.25. The zero-order chi connectivity index (χ0) is 14.9. The van der Waals surface area contributed by atoms with Crippen LogP contribution in [0, 0.1) is 6.92 Å². The van der Waals surface area contributed by atoms with Crippen molar-refractivity contribution in [3.63, 3.8) is 0 Å². The van der Waals surface area contributed by atoms with Crippen LogP contribution < -0.4 is 5.56 Å². The van der Waals surface area contributed by atoms with E-state index in [4.69, 9.17) is 0 Å². The second-order valence-electron chi connectivity index (χ2n) is 4.77. The van der Waals surface area contributed by atoms with Gasteiger partial charge in [-0.25, -0.2) is 4.98 Å². The monoisotopic (exact) mass is 293 g/mol. The lowest BCUT2D eigenvalue weighted by molar-refractivity contribution is 0.102. The maximum Gasteiger partial charge on any atom is 0.259 e. The Morgan fingerprint density at radius 1 is 1.35 bits per heavy atom. The predicted octanol–water partition coefficient (Wildman–Crippen LogP) is 2.34. The summed E-state index contributed by atoms with van der Waals surface area (Å²) in [5.41, 5.74) is 0.582. The van der Waals surface area contributed by atoms with Crippen LogP contribution in [-0.4, -0.2) is 33.7 Å². The predicted molar refractivity (Wildman–Crippen MR) is 81.6 cm³/mol. The first-order valence-electron chi connectivity index (χ1n) is 6.73. The number of thiophene rings is 1. The molecule has 108 valence electrons. The number of fused-ring (bicyclic) bond motifs is 1. The quantitative estimate of drug-likeness (QED) is 0.859. The molecular weight excluding hydrogens is 274 g/mol. The van der Waals surface area contributed by atoms with Gasteiger partial charge < -0.3 is 4.98 Å². The molecule has 2 aromatic rings. The van der Waals surface area contributed by atoms with E-state index in [1.54, 1.807) is 6.92 Å². The largest absolute Gasteiger partial charge is 0.309 e. The van der Waals surface area contributed by atoms with Gasteiger partial charge in [0.05, 0.1) is 16.8 Å². The Bertz CT molecular complexity index is 698. The lowest BCUT2D eigenvalue weighted by atomic mass is 10.2. The average Bonchev–Trinajstić information content (AvgIpc) is 2.73. The number of rotatable bonds is 5. The first kappa shape index (κ1) is 14.9. The minimum Gasteiger partial charge on any atom is -0.309 e. The van der Waals surface area contributed by atoms with Gasteiger partial charge in [0.25, 0.3) is 5.56 Å². The minimum absolute atomic E-state index is 0.0183. The molecule has 0 aliphatic rings. The van der Waals surface area contributed by atoms with Crippen molar-refractivity contribution in [2.45, 2.75) is 34.2 Å². The highest BCUT2D eigenvalue weighted by atomic mass is 32.1. The molecule has 0 aromatic carbocycles. The van der Waals surface area contributed by atoms with Gasteiger partial charge >= 0.3 is 0 Å². The van der Waals surface area contributed by atoms with Gasteiger partial charge in [0.1, 0.15) is 10.7 Å². The maximum absolute atomic E-state index is 12.2. The number of aromatic nitrogens is 2. The summed E-state index contributed by atoms with van der Waals surface area (Å²) in [6.45, 7) is 9.89. The van der Waals surface area contributed by atoms with Crippen molar-refractivity contribution in [3.05, 3.63) is 26.6 Å². The number of carbonyl (C=O) groups excluding carboxylic acids is 1. The van der Waals surface area contributed by atoms with Gasteiger partial charge in [-0.05, 0) is 32.5 Å². The highest BCUT2D eigenvalue weighted by Gasteiger charge is 2.17. The molecule has 0 unspecified atom stereocenters. The zero-order valence-corrected chi connectivity index (χ0v) is 13.1. The third-order valence-corrected chi connectivity index (χ3v) is 4.72. The maximum atomic E-state index is 12.2. The fourth-order valence-corrected chi connectivity index (χ4v) is 3.35. The summed E-state index contributed by atoms with van der Waals surface area (Å²) in [5, 5.41) is 0.545. The van der Waals surface area contributed by atoms with E-state index < -0.39 is 0 Å². The summed E-state index contributed by atoms with van der Waals surface area (Å²) in [6, 6.07) is 0. The van der Waals surface area contributed by atoms with Gasteiger partial charge in [0, 0.05) is 0 Å². The molecule has 2 heterocycles. The first-order chi connectivity index (χ1) is 9.47. The van der Waals surface area contributed by atoms with E-state index in [0.717, 1.165) is 18.7 Å². The number of nitrogens with one attached hydrogen (secondary N) is 1. The van der Waals surface area contributed by atoms with E-state index in [9.17, 15) is 9.59 Å². The van der Waals surface area contributed by atoms with E-state index in [2.05, 4.69) is 28.7 Å². The molecule has 0 saturated carbocycles. The highest BCUT2D eigenvalue weighted by molar-refractivity contribution is 7.20. The smallest absolute Gasteiger partial charge is 0.259 e. The molecule has 5 nitrogen and oxygen atoms in total. The van der Waals surface area contributed by atoms with Crippen molar-refractivity contribution in [1.82, 2.24) is 14.9 Å². The van der Waals surface area contributed by atoms with Crippen LogP contribution in [0.25, 0.3) is 10.2 Å². The van der Waals surface area contributed by atoms with Gasteiger partial charge in [-0.3, -0.25) is 14.5 Å². The summed E-state index contributed by atoms with van der Waals surface area (Å²) in [6.07, 6.45) is 0. The molecule has 0 atom stereocenters. The van der Waals surface area contributed by atoms with Crippen LogP contribution in [0.1, 0.15) is 41.8 Å². The summed E-state index contributed by atoms with van der Waals surface area (Å²) in [5.74, 6) is 0.637. The van der Waals surface area contributed by atoms with Crippen LogP contribution in [0.15, 0.2) is 4.79 Å². The number of aryl methyl sites for hydroxylation is 1. The van der Waals surface area contributed by atoms with Crippen molar-refractivity contribution < 1.29 is 4.79 Å². The average molecular weight is 293 g/mol. The molecular formula is C14H19N3O2S. The van der Waals surface area contributed by atoms with Gasteiger partial charge in [0.2, 0.25) is 0 Å². The third-order valence-electron chi connectivity index (χ3n) is 3.44. The van der Waals surface area contributed by atoms with E-state index in [1.807, 2.05) is 0 Å². The fourth-order valence-electron chi connectivity index (χ4n) is 2.26. The Balaban J connectivity index is 2.52. The van der Waals surface area contributed by atoms with E-state index in [1.165, 1.54) is 18.3 Å². The van der Waals surface area contributed by atoms with Gasteiger partial charge in [0.15, 0.2) is 5.78 Å². The van der Waals surface area contributed by atoms with Crippen LogP contribution in [0.3, 0.4) is 0 Å². The van der Waals surface area contributed by atoms with E-state index in [0.29, 0.717) is 27.5 Å². The Morgan fingerprint density at radius 2 is 2.00 bits per heavy atom. The summed E-state index contributed by atoms with van der Waals surface area (Å²) >= 11 is 1.30. The molecule has 2 rings (SSSR count). The van der Waals surface area contributed by atoms with E-state index >= 15 is 0 Å². The standard InChI is InChI=1S/C14H19N3O2S/c1-5-17(6-2)7-10-15-13(19)11-8(3)12(9(4)18)20-14(11)16-10/h5-7H2,1-4H3,(H,15,16,19). The molecule has 0 spiro atoms. The second-order valence-corrected chi connectivity index (χ2v) is 5.77. The Hall–Kier alpha value is -1.53. The third kappa shape index (κ3) is 2.66. The second kappa shape index (κ2) is 5.85. The van der Waals surface area contributed by atoms with Crippen LogP contribution in [0.4, 0.5) is 0 Å². The van der Waals surface area contributed by atoms with Crippen molar-refractivity contribution in [3.8, 4) is 0 Å². The van der Waals surface area contributed by atoms with Crippen molar-refractivity contribution in [2.75, 3.05) is 13.1 Å². The van der Waals surface area contributed by atoms with Gasteiger partial charge in [-0.1, -0.05) is 13.8 Å². The van der Waals surface area contributed by atoms with Crippen LogP contribution in [0.5, 0.6) is 0 Å². The molecule has 1 N–H and O–H groups in total. The Morgan fingerprint density at radius 3 is 2.55 bits per heavy atom. The zero-order valence-electron chi connectivity index (χ0n) is 12.2. The van der Waals surface area contributed by atoms with Crippen LogP contribution in [-0.2, 0) is 6.54 Å². The molecule has 0 aliphatic heterocycles. The van der Waals surface area contributed by atoms with Gasteiger partial charge in [-0.2, -0.15) is 0 Å². The molecule has 0 bridgehead atoms.